The first-order valence-electron chi connectivity index (χ1n) is 10.9. The quantitative estimate of drug-likeness (QED) is 0.532. The summed E-state index contributed by atoms with van der Waals surface area (Å²) in [6.45, 7) is 8.32. The molecule has 0 radical (unpaired) electrons. The Morgan fingerprint density at radius 2 is 1.87 bits per heavy atom. The van der Waals surface area contributed by atoms with Crippen molar-refractivity contribution in [3.63, 3.8) is 0 Å². The van der Waals surface area contributed by atoms with E-state index in [2.05, 4.69) is 55.2 Å². The molecule has 162 valence electrons. The van der Waals surface area contributed by atoms with Crippen molar-refractivity contribution >= 4 is 5.91 Å². The van der Waals surface area contributed by atoms with Gasteiger partial charge < -0.3 is 14.2 Å². The van der Waals surface area contributed by atoms with Crippen LogP contribution in [-0.2, 0) is 11.2 Å². The van der Waals surface area contributed by atoms with Crippen molar-refractivity contribution in [3.8, 4) is 17.1 Å². The van der Waals surface area contributed by atoms with Crippen molar-refractivity contribution in [2.75, 3.05) is 19.7 Å². The molecule has 1 saturated heterocycles. The molecule has 0 aliphatic carbocycles. The van der Waals surface area contributed by atoms with E-state index >= 15 is 0 Å². The van der Waals surface area contributed by atoms with Crippen LogP contribution in [-0.4, -0.2) is 40.6 Å². The molecule has 2 heterocycles. The van der Waals surface area contributed by atoms with Gasteiger partial charge in [-0.2, -0.15) is 4.98 Å². The second-order valence-corrected chi connectivity index (χ2v) is 8.66. The largest absolute Gasteiger partial charge is 0.493 e. The molecule has 1 atom stereocenters. The number of ether oxygens (including phenoxy) is 1. The van der Waals surface area contributed by atoms with Gasteiger partial charge in [0.1, 0.15) is 5.75 Å². The van der Waals surface area contributed by atoms with Crippen molar-refractivity contribution in [3.05, 3.63) is 65.5 Å². The molecule has 2 aromatic carbocycles. The van der Waals surface area contributed by atoms with Crippen molar-refractivity contribution in [1.29, 1.82) is 0 Å². The lowest BCUT2D eigenvalue weighted by Crippen LogP contribution is -2.27. The first-order valence-corrected chi connectivity index (χ1v) is 10.9. The summed E-state index contributed by atoms with van der Waals surface area (Å²) in [6, 6.07) is 16.1. The van der Waals surface area contributed by atoms with E-state index in [0.29, 0.717) is 43.8 Å². The topological polar surface area (TPSA) is 68.5 Å². The number of carbonyl (C=O) groups excluding carboxylic acids is 1. The van der Waals surface area contributed by atoms with Gasteiger partial charge in [-0.25, -0.2) is 0 Å². The Bertz CT molecular complexity index is 1010. The zero-order valence-corrected chi connectivity index (χ0v) is 18.4. The number of likely N-dealkylation sites (tertiary alicyclic amines) is 1. The minimum atomic E-state index is -0.0552. The summed E-state index contributed by atoms with van der Waals surface area (Å²) in [5.74, 6) is 2.46. The number of aromatic nitrogens is 2. The molecular formula is C25H29N3O3. The van der Waals surface area contributed by atoms with Crippen LogP contribution in [0.15, 0.2) is 53.1 Å². The molecule has 0 N–H and O–H groups in total. The third-order valence-electron chi connectivity index (χ3n) is 5.49. The van der Waals surface area contributed by atoms with Gasteiger partial charge >= 0.3 is 0 Å². The zero-order chi connectivity index (χ0) is 21.8. The second kappa shape index (κ2) is 9.33. The normalized spacial score (nSPS) is 16.3. The van der Waals surface area contributed by atoms with Crippen molar-refractivity contribution in [2.24, 2.45) is 5.92 Å². The van der Waals surface area contributed by atoms with Gasteiger partial charge in [-0.05, 0) is 49.1 Å². The van der Waals surface area contributed by atoms with E-state index in [1.54, 1.807) is 0 Å². The minimum Gasteiger partial charge on any atom is -0.493 e. The average Bonchev–Trinajstić information content (AvgIpc) is 3.39. The Kier molecular flexibility index (Phi) is 6.35. The third-order valence-corrected chi connectivity index (χ3v) is 5.49. The SMILES string of the molecule is Cc1ccc(CCN2CC(c3nc(-c4ccc(OCC(C)C)cc4)no3)CC2=O)cc1. The summed E-state index contributed by atoms with van der Waals surface area (Å²) < 4.78 is 11.2. The standard InChI is InChI=1S/C25H29N3O3/c1-17(2)16-30-22-10-8-20(9-11-22)24-26-25(31-27-24)21-14-23(29)28(15-21)13-12-19-6-4-18(3)5-7-19/h4-11,17,21H,12-16H2,1-3H3. The van der Waals surface area contributed by atoms with E-state index in [4.69, 9.17) is 9.26 Å². The van der Waals surface area contributed by atoms with Gasteiger partial charge in [0.05, 0.1) is 12.5 Å². The van der Waals surface area contributed by atoms with Crippen LogP contribution in [0.1, 0.15) is 43.2 Å². The van der Waals surface area contributed by atoms with Crippen molar-refractivity contribution in [1.82, 2.24) is 15.0 Å². The Balaban J connectivity index is 1.35. The maximum absolute atomic E-state index is 12.5. The molecule has 0 bridgehead atoms. The van der Waals surface area contributed by atoms with E-state index in [1.807, 2.05) is 29.2 Å². The fourth-order valence-electron chi connectivity index (χ4n) is 3.65. The smallest absolute Gasteiger partial charge is 0.232 e. The van der Waals surface area contributed by atoms with Gasteiger partial charge in [0.2, 0.25) is 17.6 Å². The van der Waals surface area contributed by atoms with Crippen LogP contribution in [0.2, 0.25) is 0 Å². The minimum absolute atomic E-state index is 0.0552. The van der Waals surface area contributed by atoms with Gasteiger partial charge in [-0.1, -0.05) is 48.8 Å². The van der Waals surface area contributed by atoms with E-state index in [9.17, 15) is 4.79 Å². The van der Waals surface area contributed by atoms with Crippen LogP contribution in [0.4, 0.5) is 0 Å². The molecule has 3 aromatic rings. The highest BCUT2D eigenvalue weighted by Gasteiger charge is 2.34. The molecule has 1 aliphatic heterocycles. The molecule has 1 aromatic heterocycles. The molecule has 0 saturated carbocycles. The molecule has 1 unspecified atom stereocenters. The maximum Gasteiger partial charge on any atom is 0.232 e. The Morgan fingerprint density at radius 1 is 1.13 bits per heavy atom. The predicted octanol–water partition coefficient (Wildman–Crippen LogP) is 4.64. The zero-order valence-electron chi connectivity index (χ0n) is 18.4. The van der Waals surface area contributed by atoms with Crippen LogP contribution >= 0.6 is 0 Å². The molecule has 4 rings (SSSR count). The van der Waals surface area contributed by atoms with Crippen LogP contribution < -0.4 is 4.74 Å². The lowest BCUT2D eigenvalue weighted by molar-refractivity contribution is -0.127. The molecule has 0 spiro atoms. The number of hydrogen-bond acceptors (Lipinski definition) is 5. The second-order valence-electron chi connectivity index (χ2n) is 8.66. The summed E-state index contributed by atoms with van der Waals surface area (Å²) in [5, 5.41) is 4.13. The molecule has 6 heteroatoms. The predicted molar refractivity (Wildman–Crippen MR) is 119 cm³/mol. The number of hydrogen-bond donors (Lipinski definition) is 0. The number of carbonyl (C=O) groups is 1. The fourth-order valence-corrected chi connectivity index (χ4v) is 3.65. The number of nitrogens with zero attached hydrogens (tertiary/aromatic N) is 3. The first-order chi connectivity index (χ1) is 15.0. The summed E-state index contributed by atoms with van der Waals surface area (Å²) >= 11 is 0. The average molecular weight is 420 g/mol. The van der Waals surface area contributed by atoms with Gasteiger partial charge in [-0.3, -0.25) is 4.79 Å². The summed E-state index contributed by atoms with van der Waals surface area (Å²) in [4.78, 5) is 18.9. The third kappa shape index (κ3) is 5.32. The first kappa shape index (κ1) is 21.1. The number of amides is 1. The Hall–Kier alpha value is -3.15. The molecule has 31 heavy (non-hydrogen) atoms. The van der Waals surface area contributed by atoms with Crippen molar-refractivity contribution < 1.29 is 14.1 Å². The van der Waals surface area contributed by atoms with Crippen LogP contribution in [0.3, 0.4) is 0 Å². The summed E-state index contributed by atoms with van der Waals surface area (Å²) in [5.41, 5.74) is 3.35. The summed E-state index contributed by atoms with van der Waals surface area (Å²) in [6.07, 6.45) is 1.26. The Labute approximate surface area is 183 Å². The highest BCUT2D eigenvalue weighted by atomic mass is 16.5. The molecule has 6 nitrogen and oxygen atoms in total. The van der Waals surface area contributed by atoms with E-state index in [0.717, 1.165) is 17.7 Å². The highest BCUT2D eigenvalue weighted by Crippen LogP contribution is 2.29. The van der Waals surface area contributed by atoms with Gasteiger partial charge in [-0.15, -0.1) is 0 Å². The number of benzene rings is 2. The van der Waals surface area contributed by atoms with E-state index < -0.39 is 0 Å². The highest BCUT2D eigenvalue weighted by molar-refractivity contribution is 5.79. The number of rotatable bonds is 8. The van der Waals surface area contributed by atoms with Crippen LogP contribution in [0.5, 0.6) is 5.75 Å². The number of aryl methyl sites for hydroxylation is 1. The van der Waals surface area contributed by atoms with Gasteiger partial charge in [0.15, 0.2) is 0 Å². The monoisotopic (exact) mass is 419 g/mol. The Morgan fingerprint density at radius 3 is 2.58 bits per heavy atom. The van der Waals surface area contributed by atoms with E-state index in [1.165, 1.54) is 11.1 Å². The lowest BCUT2D eigenvalue weighted by Gasteiger charge is -2.15. The van der Waals surface area contributed by atoms with Crippen LogP contribution in [0.25, 0.3) is 11.4 Å². The lowest BCUT2D eigenvalue weighted by atomic mass is 10.1. The van der Waals surface area contributed by atoms with Gasteiger partial charge in [0.25, 0.3) is 0 Å². The van der Waals surface area contributed by atoms with Crippen molar-refractivity contribution in [2.45, 2.75) is 39.5 Å². The maximum atomic E-state index is 12.5. The fraction of sp³-hybridized carbons (Fsp3) is 0.400. The molecule has 1 amide bonds. The molecule has 1 fully saturated rings. The molecule has 1 aliphatic rings. The van der Waals surface area contributed by atoms with Gasteiger partial charge in [0, 0.05) is 25.1 Å². The molecular weight excluding hydrogens is 390 g/mol. The summed E-state index contributed by atoms with van der Waals surface area (Å²) in [7, 11) is 0. The van der Waals surface area contributed by atoms with Crippen LogP contribution in [0, 0.1) is 12.8 Å². The van der Waals surface area contributed by atoms with E-state index in [-0.39, 0.29) is 11.8 Å².